The van der Waals surface area contributed by atoms with Crippen LogP contribution in [0, 0.1) is 0 Å². The van der Waals surface area contributed by atoms with Crippen LogP contribution in [0.25, 0.3) is 0 Å². The van der Waals surface area contributed by atoms with E-state index in [0.29, 0.717) is 0 Å². The Morgan fingerprint density at radius 2 is 1.25 bits per heavy atom. The standard InChI is InChI=1S/C4H10O.CH5N.H2O.H2/c1-4(2,3)5;1-2;;/h5H,1-3H3;2H2,1H3;1H2;1H. The Morgan fingerprint density at radius 3 is 1.25 bits per heavy atom. The molecule has 0 aliphatic carbocycles. The second-order valence-corrected chi connectivity index (χ2v) is 2.17. The topological polar surface area (TPSA) is 77.8 Å². The molecule has 0 radical (unpaired) electrons. The molecule has 8 heavy (non-hydrogen) atoms. The maximum Gasteiger partial charge on any atom is 0.0563 e. The summed E-state index contributed by atoms with van der Waals surface area (Å²) in [6, 6.07) is 0. The quantitative estimate of drug-likeness (QED) is 0.469. The van der Waals surface area contributed by atoms with E-state index in [1.807, 2.05) is 0 Å². The van der Waals surface area contributed by atoms with E-state index >= 15 is 0 Å². The summed E-state index contributed by atoms with van der Waals surface area (Å²) in [6.07, 6.45) is 0. The Balaban J connectivity index is -0.0000000286. The van der Waals surface area contributed by atoms with Gasteiger partial charge in [-0.1, -0.05) is 0 Å². The first-order valence-electron chi connectivity index (χ1n) is 2.30. The van der Waals surface area contributed by atoms with Crippen LogP contribution in [-0.2, 0) is 0 Å². The molecule has 0 rings (SSSR count). The normalized spacial score (nSPS) is 8.25. The van der Waals surface area contributed by atoms with Gasteiger partial charge in [-0.25, -0.2) is 0 Å². The van der Waals surface area contributed by atoms with Crippen molar-refractivity contribution in [3.05, 3.63) is 0 Å². The molecule has 0 atom stereocenters. The molecule has 0 saturated carbocycles. The second-order valence-electron chi connectivity index (χ2n) is 2.17. The van der Waals surface area contributed by atoms with E-state index in [2.05, 4.69) is 5.73 Å². The van der Waals surface area contributed by atoms with Gasteiger partial charge >= 0.3 is 0 Å². The smallest absolute Gasteiger partial charge is 0.0563 e. The molecule has 0 aromatic carbocycles. The number of hydrogen-bond acceptors (Lipinski definition) is 2. The van der Waals surface area contributed by atoms with Gasteiger partial charge in [0.25, 0.3) is 0 Å². The monoisotopic (exact) mass is 125 g/mol. The van der Waals surface area contributed by atoms with E-state index in [1.54, 1.807) is 20.8 Å². The van der Waals surface area contributed by atoms with Crippen LogP contribution >= 0.6 is 0 Å². The van der Waals surface area contributed by atoms with Gasteiger partial charge in [0.15, 0.2) is 0 Å². The van der Waals surface area contributed by atoms with Gasteiger partial charge in [-0.3, -0.25) is 0 Å². The third kappa shape index (κ3) is 9720. The number of rotatable bonds is 0. The molecule has 0 aliphatic rings. The van der Waals surface area contributed by atoms with Gasteiger partial charge in [-0.2, -0.15) is 0 Å². The Labute approximate surface area is 52.3 Å². The van der Waals surface area contributed by atoms with E-state index in [4.69, 9.17) is 5.11 Å². The molecule has 0 spiro atoms. The van der Waals surface area contributed by atoms with Crippen molar-refractivity contribution >= 4 is 0 Å². The summed E-state index contributed by atoms with van der Waals surface area (Å²) in [4.78, 5) is 0. The molecule has 0 heterocycles. The number of hydrogen-bond donors (Lipinski definition) is 2. The molecule has 3 nitrogen and oxygen atoms in total. The largest absolute Gasteiger partial charge is 0.412 e. The Morgan fingerprint density at radius 1 is 1.25 bits per heavy atom. The number of aliphatic hydroxyl groups is 1. The average molecular weight is 125 g/mol. The van der Waals surface area contributed by atoms with Gasteiger partial charge in [0.05, 0.1) is 5.60 Å². The van der Waals surface area contributed by atoms with Gasteiger partial charge in [-0.05, 0) is 27.8 Å². The van der Waals surface area contributed by atoms with Crippen LogP contribution in [0.15, 0.2) is 0 Å². The zero-order valence-electron chi connectivity index (χ0n) is 6.02. The SMILES string of the molecule is CC(C)(C)O.CN.O.[HH]. The summed E-state index contributed by atoms with van der Waals surface area (Å²) in [7, 11) is 1.50. The van der Waals surface area contributed by atoms with Crippen LogP contribution in [-0.4, -0.2) is 23.2 Å². The van der Waals surface area contributed by atoms with Crippen LogP contribution in [0.2, 0.25) is 0 Å². The summed E-state index contributed by atoms with van der Waals surface area (Å²) in [5.41, 5.74) is 4.00. The minimum atomic E-state index is -0.500. The zero-order chi connectivity index (χ0) is 6.50. The average Bonchev–Trinajstić information content (AvgIpc) is 1.36. The lowest BCUT2D eigenvalue weighted by Gasteiger charge is -2.04. The van der Waals surface area contributed by atoms with E-state index in [-0.39, 0.29) is 6.90 Å². The zero-order valence-corrected chi connectivity index (χ0v) is 6.02. The van der Waals surface area contributed by atoms with E-state index in [1.165, 1.54) is 7.05 Å². The molecular formula is C5H19NO2. The minimum Gasteiger partial charge on any atom is -0.412 e. The predicted molar refractivity (Wildman–Crippen MR) is 37.8 cm³/mol. The van der Waals surface area contributed by atoms with E-state index in [9.17, 15) is 0 Å². The molecule has 56 valence electrons. The highest BCUT2D eigenvalue weighted by molar-refractivity contribution is 4.50. The fourth-order valence-corrected chi connectivity index (χ4v) is 0. The minimum absolute atomic E-state index is 0. The summed E-state index contributed by atoms with van der Waals surface area (Å²) >= 11 is 0. The lowest BCUT2D eigenvalue weighted by molar-refractivity contribution is 0.102. The highest BCUT2D eigenvalue weighted by Crippen LogP contribution is 1.93. The third-order valence-electron chi connectivity index (χ3n) is 0. The van der Waals surface area contributed by atoms with Crippen molar-refractivity contribution in [2.45, 2.75) is 26.4 Å². The van der Waals surface area contributed by atoms with Gasteiger partial charge in [0, 0.05) is 1.43 Å². The first-order valence-corrected chi connectivity index (χ1v) is 2.30. The Bertz CT molecular complexity index is 30.4. The highest BCUT2D eigenvalue weighted by atomic mass is 16.3. The van der Waals surface area contributed by atoms with Gasteiger partial charge in [-0.15, -0.1) is 0 Å². The predicted octanol–water partition coefficient (Wildman–Crippen LogP) is -0.227. The van der Waals surface area contributed by atoms with Gasteiger partial charge in [0.1, 0.15) is 0 Å². The van der Waals surface area contributed by atoms with Crippen molar-refractivity contribution in [1.29, 1.82) is 0 Å². The summed E-state index contributed by atoms with van der Waals surface area (Å²) in [6.45, 7) is 5.23. The molecule has 0 saturated heterocycles. The van der Waals surface area contributed by atoms with Crippen LogP contribution < -0.4 is 5.73 Å². The lowest BCUT2D eigenvalue weighted by atomic mass is 10.2. The first-order chi connectivity index (χ1) is 3.00. The van der Waals surface area contributed by atoms with Gasteiger partial charge in [0.2, 0.25) is 0 Å². The lowest BCUT2D eigenvalue weighted by Crippen LogP contribution is -2.10. The van der Waals surface area contributed by atoms with Crippen molar-refractivity contribution < 1.29 is 12.0 Å². The molecule has 5 N–H and O–H groups in total. The maximum atomic E-state index is 8.52. The fourth-order valence-electron chi connectivity index (χ4n) is 0. The van der Waals surface area contributed by atoms with E-state index in [0.717, 1.165) is 0 Å². The molecule has 3 heteroatoms. The summed E-state index contributed by atoms with van der Waals surface area (Å²) in [5, 5.41) is 8.52. The molecule has 0 fully saturated rings. The molecule has 0 amide bonds. The van der Waals surface area contributed by atoms with Crippen molar-refractivity contribution in [1.82, 2.24) is 0 Å². The third-order valence-corrected chi connectivity index (χ3v) is 0. The summed E-state index contributed by atoms with van der Waals surface area (Å²) in [5.74, 6) is 0. The van der Waals surface area contributed by atoms with Gasteiger partial charge < -0.3 is 16.3 Å². The molecule has 0 bridgehead atoms. The van der Waals surface area contributed by atoms with Crippen LogP contribution in [0.3, 0.4) is 0 Å². The highest BCUT2D eigenvalue weighted by Gasteiger charge is 1.97. The van der Waals surface area contributed by atoms with Crippen LogP contribution in [0.4, 0.5) is 0 Å². The second kappa shape index (κ2) is 6.88. The summed E-state index contributed by atoms with van der Waals surface area (Å²) < 4.78 is 0. The maximum absolute atomic E-state index is 8.52. The van der Waals surface area contributed by atoms with Crippen LogP contribution in [0.1, 0.15) is 22.2 Å². The van der Waals surface area contributed by atoms with Crippen molar-refractivity contribution in [2.75, 3.05) is 7.05 Å². The van der Waals surface area contributed by atoms with Crippen molar-refractivity contribution in [2.24, 2.45) is 5.73 Å². The van der Waals surface area contributed by atoms with Crippen molar-refractivity contribution in [3.63, 3.8) is 0 Å². The Kier molecular flexibility index (Phi) is 13.5. The first kappa shape index (κ1) is 15.7. The molecule has 0 aromatic rings. The molecule has 0 aliphatic heterocycles. The van der Waals surface area contributed by atoms with E-state index < -0.39 is 5.60 Å². The number of nitrogens with two attached hydrogens (primary N) is 1. The molecular weight excluding hydrogens is 106 g/mol. The fraction of sp³-hybridized carbons (Fsp3) is 1.00. The van der Waals surface area contributed by atoms with Crippen molar-refractivity contribution in [3.8, 4) is 0 Å². The Hall–Kier alpha value is -0.120. The van der Waals surface area contributed by atoms with Crippen LogP contribution in [0.5, 0.6) is 0 Å². The molecule has 0 aromatic heterocycles. The molecule has 0 unspecified atom stereocenters.